The van der Waals surface area contributed by atoms with E-state index in [1.54, 1.807) is 6.08 Å². The second-order valence-corrected chi connectivity index (χ2v) is 3.21. The maximum absolute atomic E-state index is 3.80. The van der Waals surface area contributed by atoms with Gasteiger partial charge < -0.3 is 0 Å². The first-order chi connectivity index (χ1) is 7.26. The zero-order chi connectivity index (χ0) is 11.3. The van der Waals surface area contributed by atoms with E-state index < -0.39 is 0 Å². The molecule has 76 valence electrons. The summed E-state index contributed by atoms with van der Waals surface area (Å²) in [5, 5.41) is 2.35. The fraction of sp³-hybridized carbons (Fsp3) is 0.0667. The quantitative estimate of drug-likeness (QED) is 0.697. The molecule has 0 heterocycles. The minimum Gasteiger partial charge on any atom is -0.0990 e. The summed E-state index contributed by atoms with van der Waals surface area (Å²) in [7, 11) is 0. The molecule has 0 fully saturated rings. The van der Waals surface area contributed by atoms with Crippen molar-refractivity contribution in [2.45, 2.75) is 6.92 Å². The number of hydrogen-bond donors (Lipinski definition) is 0. The Morgan fingerprint density at radius 1 is 0.933 bits per heavy atom. The third-order valence-electron chi connectivity index (χ3n) is 2.34. The van der Waals surface area contributed by atoms with Crippen LogP contribution in [0, 0.1) is 0 Å². The SMILES string of the molecule is C=C/C=c1/cc(C=C)c(C=C)c/c1=C/C. The van der Waals surface area contributed by atoms with Crippen LogP contribution >= 0.6 is 0 Å². The van der Waals surface area contributed by atoms with E-state index in [1.165, 1.54) is 5.22 Å². The molecule has 0 aliphatic carbocycles. The molecule has 0 aliphatic heterocycles. The Kier molecular flexibility index (Phi) is 3.87. The van der Waals surface area contributed by atoms with Crippen LogP contribution in [0.4, 0.5) is 0 Å². The smallest absolute Gasteiger partial charge is 0.0181 e. The van der Waals surface area contributed by atoms with Crippen molar-refractivity contribution in [2.75, 3.05) is 0 Å². The van der Waals surface area contributed by atoms with E-state index >= 15 is 0 Å². The third kappa shape index (κ3) is 2.35. The molecule has 0 radical (unpaired) electrons. The van der Waals surface area contributed by atoms with Gasteiger partial charge in [0.15, 0.2) is 0 Å². The summed E-state index contributed by atoms with van der Waals surface area (Å²) in [5.74, 6) is 0. The van der Waals surface area contributed by atoms with Crippen molar-refractivity contribution in [3.63, 3.8) is 0 Å². The van der Waals surface area contributed by atoms with Gasteiger partial charge in [-0.05, 0) is 40.6 Å². The van der Waals surface area contributed by atoms with Crippen LogP contribution in [-0.4, -0.2) is 0 Å². The van der Waals surface area contributed by atoms with Crippen molar-refractivity contribution >= 4 is 24.3 Å². The van der Waals surface area contributed by atoms with Crippen LogP contribution in [0.15, 0.2) is 37.9 Å². The lowest BCUT2D eigenvalue weighted by atomic mass is 10.0. The van der Waals surface area contributed by atoms with Gasteiger partial charge in [-0.15, -0.1) is 0 Å². The summed E-state index contributed by atoms with van der Waals surface area (Å²) >= 11 is 0. The minimum absolute atomic E-state index is 1.10. The maximum Gasteiger partial charge on any atom is -0.0181 e. The molecule has 1 aromatic rings. The van der Waals surface area contributed by atoms with Gasteiger partial charge in [-0.25, -0.2) is 0 Å². The average molecular weight is 196 g/mol. The molecule has 0 aromatic heterocycles. The Hall–Kier alpha value is -1.82. The molecule has 0 heteroatoms. The molecule has 0 spiro atoms. The number of allylic oxidation sites excluding steroid dienone is 1. The van der Waals surface area contributed by atoms with E-state index in [-0.39, 0.29) is 0 Å². The number of benzene rings is 1. The summed E-state index contributed by atoms with van der Waals surface area (Å²) in [6.45, 7) is 13.3. The highest BCUT2D eigenvalue weighted by atomic mass is 14.0. The highest BCUT2D eigenvalue weighted by Crippen LogP contribution is 2.06. The van der Waals surface area contributed by atoms with Gasteiger partial charge in [-0.1, -0.05) is 50.1 Å². The van der Waals surface area contributed by atoms with Crippen molar-refractivity contribution < 1.29 is 0 Å². The Bertz CT molecular complexity index is 502. The van der Waals surface area contributed by atoms with Crippen LogP contribution in [0.1, 0.15) is 18.1 Å². The van der Waals surface area contributed by atoms with Crippen LogP contribution in [-0.2, 0) is 0 Å². The van der Waals surface area contributed by atoms with E-state index in [0.29, 0.717) is 0 Å². The number of hydrogen-bond acceptors (Lipinski definition) is 0. The van der Waals surface area contributed by atoms with Gasteiger partial charge in [0.05, 0.1) is 0 Å². The molecule has 0 saturated carbocycles. The first-order valence-corrected chi connectivity index (χ1v) is 4.94. The summed E-state index contributed by atoms with van der Waals surface area (Å²) in [6, 6.07) is 4.21. The molecular formula is C15H16. The van der Waals surface area contributed by atoms with Gasteiger partial charge in [0.1, 0.15) is 0 Å². The third-order valence-corrected chi connectivity index (χ3v) is 2.34. The summed E-state index contributed by atoms with van der Waals surface area (Å²) < 4.78 is 0. The van der Waals surface area contributed by atoms with Crippen LogP contribution in [0.3, 0.4) is 0 Å². The van der Waals surface area contributed by atoms with E-state index in [1.807, 2.05) is 25.2 Å². The zero-order valence-corrected chi connectivity index (χ0v) is 9.16. The van der Waals surface area contributed by atoms with Gasteiger partial charge in [0.2, 0.25) is 0 Å². The molecule has 1 rings (SSSR count). The van der Waals surface area contributed by atoms with E-state index in [0.717, 1.165) is 16.3 Å². The summed E-state index contributed by atoms with van der Waals surface area (Å²) in [6.07, 6.45) is 9.56. The molecule has 0 unspecified atom stereocenters. The highest BCUT2D eigenvalue weighted by Gasteiger charge is 1.95. The lowest BCUT2D eigenvalue weighted by Gasteiger charge is -2.01. The van der Waals surface area contributed by atoms with Gasteiger partial charge in [0.25, 0.3) is 0 Å². The van der Waals surface area contributed by atoms with Crippen LogP contribution < -0.4 is 10.4 Å². The van der Waals surface area contributed by atoms with E-state index in [4.69, 9.17) is 0 Å². The van der Waals surface area contributed by atoms with Crippen molar-refractivity contribution in [3.05, 3.63) is 59.5 Å². The van der Waals surface area contributed by atoms with E-state index in [9.17, 15) is 0 Å². The largest absolute Gasteiger partial charge is 0.0990 e. The highest BCUT2D eigenvalue weighted by molar-refractivity contribution is 5.64. The standard InChI is InChI=1S/C15H16/c1-5-9-15-11-13(7-3)12(6-2)10-14(15)8-4/h5-11H,1-3H2,4H3/b14-8-,15-9-. The number of rotatable bonds is 3. The van der Waals surface area contributed by atoms with Crippen molar-refractivity contribution in [2.24, 2.45) is 0 Å². The fourth-order valence-corrected chi connectivity index (χ4v) is 1.54. The van der Waals surface area contributed by atoms with Crippen LogP contribution in [0.25, 0.3) is 24.3 Å². The van der Waals surface area contributed by atoms with Gasteiger partial charge in [-0.3, -0.25) is 0 Å². The molecule has 0 atom stereocenters. The second-order valence-electron chi connectivity index (χ2n) is 3.21. The minimum atomic E-state index is 1.10. The molecular weight excluding hydrogens is 180 g/mol. The normalized spacial score (nSPS) is 12.6. The average Bonchev–Trinajstić information content (AvgIpc) is 2.28. The maximum atomic E-state index is 3.80. The zero-order valence-electron chi connectivity index (χ0n) is 9.16. The molecule has 0 aliphatic rings. The monoisotopic (exact) mass is 196 g/mol. The molecule has 0 N–H and O–H groups in total. The molecule has 0 nitrogen and oxygen atoms in total. The van der Waals surface area contributed by atoms with E-state index in [2.05, 4.69) is 37.9 Å². The lowest BCUT2D eigenvalue weighted by Crippen LogP contribution is -2.24. The Balaban J connectivity index is 3.71. The Morgan fingerprint density at radius 3 is 1.87 bits per heavy atom. The molecule has 0 bridgehead atoms. The van der Waals surface area contributed by atoms with Crippen molar-refractivity contribution in [3.8, 4) is 0 Å². The molecule has 1 aromatic carbocycles. The Labute approximate surface area is 91.3 Å². The summed E-state index contributed by atoms with van der Waals surface area (Å²) in [4.78, 5) is 0. The topological polar surface area (TPSA) is 0 Å². The van der Waals surface area contributed by atoms with Gasteiger partial charge in [0, 0.05) is 0 Å². The molecule has 0 saturated heterocycles. The van der Waals surface area contributed by atoms with Gasteiger partial charge in [-0.2, -0.15) is 0 Å². The fourth-order valence-electron chi connectivity index (χ4n) is 1.54. The summed E-state index contributed by atoms with van der Waals surface area (Å²) in [5.41, 5.74) is 2.21. The predicted octanol–water partition coefficient (Wildman–Crippen LogP) is 2.74. The Morgan fingerprint density at radius 2 is 1.47 bits per heavy atom. The lowest BCUT2D eigenvalue weighted by molar-refractivity contribution is 1.47. The predicted molar refractivity (Wildman–Crippen MR) is 70.7 cm³/mol. The van der Waals surface area contributed by atoms with Crippen molar-refractivity contribution in [1.29, 1.82) is 0 Å². The van der Waals surface area contributed by atoms with Crippen LogP contribution in [0.5, 0.6) is 0 Å². The van der Waals surface area contributed by atoms with Gasteiger partial charge >= 0.3 is 0 Å². The second kappa shape index (κ2) is 5.16. The first-order valence-electron chi connectivity index (χ1n) is 4.94. The van der Waals surface area contributed by atoms with Crippen LogP contribution in [0.2, 0.25) is 0 Å². The molecule has 0 amide bonds. The first kappa shape index (κ1) is 11.3. The van der Waals surface area contributed by atoms with Crippen molar-refractivity contribution in [1.82, 2.24) is 0 Å². The molecule has 15 heavy (non-hydrogen) atoms.